The third-order valence-corrected chi connectivity index (χ3v) is 4.50. The molecule has 4 N–H and O–H groups in total. The summed E-state index contributed by atoms with van der Waals surface area (Å²) in [6, 6.07) is -1.27. The van der Waals surface area contributed by atoms with Gasteiger partial charge in [0.1, 0.15) is 6.04 Å². The molecule has 0 saturated carbocycles. The lowest BCUT2D eigenvalue weighted by atomic mass is 10.1. The van der Waals surface area contributed by atoms with Gasteiger partial charge in [-0.1, -0.05) is 0 Å². The monoisotopic (exact) mass is 474 g/mol. The van der Waals surface area contributed by atoms with E-state index >= 15 is 0 Å². The van der Waals surface area contributed by atoms with Crippen LogP contribution in [0.15, 0.2) is 0 Å². The largest absolute Gasteiger partial charge is 0.481 e. The van der Waals surface area contributed by atoms with Crippen LogP contribution in [0.4, 0.5) is 0 Å². The number of hydrogen-bond donors (Lipinski definition) is 4. The van der Waals surface area contributed by atoms with E-state index in [9.17, 15) is 24.0 Å². The number of carbonyl (C=O) groups is 5. The molecular weight excluding hydrogens is 455 g/mol. The minimum atomic E-state index is -1.31. The zero-order valence-electron chi connectivity index (χ0n) is 12.7. The quantitative estimate of drug-likeness (QED) is 0.166. The molecule has 9 nitrogen and oxygen atoms in total. The van der Waals surface area contributed by atoms with E-state index in [1.54, 1.807) is 22.6 Å². The van der Waals surface area contributed by atoms with E-state index in [1.807, 2.05) is 0 Å². The first-order valence-electron chi connectivity index (χ1n) is 6.99. The van der Waals surface area contributed by atoms with Crippen LogP contribution in [0.3, 0.4) is 0 Å². The van der Waals surface area contributed by atoms with Gasteiger partial charge in [-0.25, -0.2) is 4.79 Å². The summed E-state index contributed by atoms with van der Waals surface area (Å²) in [5, 5.41) is 22.2. The van der Waals surface area contributed by atoms with Gasteiger partial charge in [0.25, 0.3) is 0 Å². The highest BCUT2D eigenvalue weighted by Gasteiger charge is 2.20. The number of aliphatic carboxylic acids is 2. The Bertz CT molecular complexity index is 487. The van der Waals surface area contributed by atoms with Gasteiger partial charge < -0.3 is 20.8 Å². The molecule has 136 valence electrons. The summed E-state index contributed by atoms with van der Waals surface area (Å²) < 4.78 is 0.00515. The minimum Gasteiger partial charge on any atom is -0.481 e. The SMILES string of the molecule is O=C(O)CCC(NC(=O)CCNC(=O)CCSCC(=O)I)C(=O)O. The summed E-state index contributed by atoms with van der Waals surface area (Å²) in [5.41, 5.74) is 0. The molecule has 24 heavy (non-hydrogen) atoms. The molecule has 0 aliphatic heterocycles. The highest BCUT2D eigenvalue weighted by atomic mass is 127. The highest BCUT2D eigenvalue weighted by Crippen LogP contribution is 2.05. The van der Waals surface area contributed by atoms with E-state index in [0.717, 1.165) is 0 Å². The van der Waals surface area contributed by atoms with Crippen LogP contribution in [0.5, 0.6) is 0 Å². The lowest BCUT2D eigenvalue weighted by Crippen LogP contribution is -2.42. The number of carbonyl (C=O) groups excluding carboxylic acids is 3. The van der Waals surface area contributed by atoms with Crippen LogP contribution < -0.4 is 10.6 Å². The lowest BCUT2D eigenvalue weighted by molar-refractivity contribution is -0.143. The molecule has 0 fully saturated rings. The fourth-order valence-corrected chi connectivity index (χ4v) is 2.81. The number of carboxylic acid groups (broad SMARTS) is 2. The number of nitrogens with one attached hydrogen (secondary N) is 2. The number of amides is 2. The van der Waals surface area contributed by atoms with Crippen LogP contribution in [-0.4, -0.2) is 61.8 Å². The molecule has 0 bridgehead atoms. The van der Waals surface area contributed by atoms with Crippen molar-refractivity contribution in [2.24, 2.45) is 0 Å². The zero-order chi connectivity index (χ0) is 18.5. The minimum absolute atomic E-state index is 0.00515. The van der Waals surface area contributed by atoms with Gasteiger partial charge in [-0.2, -0.15) is 11.8 Å². The van der Waals surface area contributed by atoms with Crippen LogP contribution in [0.25, 0.3) is 0 Å². The fraction of sp³-hybridized carbons (Fsp3) is 0.615. The number of carboxylic acids is 2. The van der Waals surface area contributed by atoms with Crippen LogP contribution >= 0.6 is 34.4 Å². The van der Waals surface area contributed by atoms with Crippen molar-refractivity contribution in [1.29, 1.82) is 0 Å². The molecular formula is C13H19IN2O7S. The average molecular weight is 474 g/mol. The van der Waals surface area contributed by atoms with E-state index in [1.165, 1.54) is 11.8 Å². The number of rotatable bonds is 13. The van der Waals surface area contributed by atoms with Crippen molar-refractivity contribution in [2.75, 3.05) is 18.1 Å². The number of thioether (sulfide) groups is 1. The van der Waals surface area contributed by atoms with E-state index in [4.69, 9.17) is 10.2 Å². The molecule has 0 aromatic heterocycles. The molecule has 0 spiro atoms. The molecule has 1 unspecified atom stereocenters. The zero-order valence-corrected chi connectivity index (χ0v) is 15.7. The number of hydrogen-bond acceptors (Lipinski definition) is 6. The van der Waals surface area contributed by atoms with Crippen molar-refractivity contribution >= 4 is 61.9 Å². The summed E-state index contributed by atoms with van der Waals surface area (Å²) >= 11 is 3.01. The highest BCUT2D eigenvalue weighted by molar-refractivity contribution is 14.1. The first kappa shape index (κ1) is 22.6. The molecule has 0 aromatic carbocycles. The Hall–Kier alpha value is -1.37. The first-order valence-corrected chi connectivity index (χ1v) is 9.22. The van der Waals surface area contributed by atoms with E-state index in [0.29, 0.717) is 11.5 Å². The van der Waals surface area contributed by atoms with Crippen molar-refractivity contribution in [1.82, 2.24) is 10.6 Å². The normalized spacial score (nSPS) is 11.4. The third-order valence-electron chi connectivity index (χ3n) is 2.64. The Morgan fingerprint density at radius 3 is 2.21 bits per heavy atom. The second kappa shape index (κ2) is 13.0. The van der Waals surface area contributed by atoms with E-state index in [-0.39, 0.29) is 41.9 Å². The average Bonchev–Trinajstić information content (AvgIpc) is 2.47. The van der Waals surface area contributed by atoms with Gasteiger partial charge in [0.2, 0.25) is 15.6 Å². The van der Waals surface area contributed by atoms with Crippen molar-refractivity contribution in [3.8, 4) is 0 Å². The molecule has 2 amide bonds. The standard InChI is InChI=1S/C13H19IN2O7S/c14-9(17)7-24-6-4-10(18)15-5-3-11(19)16-8(13(22)23)1-2-12(20)21/h8H,1-7H2,(H,15,18)(H,16,19)(H,20,21)(H,22,23). The third kappa shape index (κ3) is 13.1. The lowest BCUT2D eigenvalue weighted by Gasteiger charge is -2.13. The smallest absolute Gasteiger partial charge is 0.326 e. The van der Waals surface area contributed by atoms with Crippen LogP contribution in [0.1, 0.15) is 25.7 Å². The van der Waals surface area contributed by atoms with Crippen molar-refractivity contribution in [2.45, 2.75) is 31.7 Å². The predicted octanol–water partition coefficient (Wildman–Crippen LogP) is 0.0118. The molecule has 1 atom stereocenters. The summed E-state index contributed by atoms with van der Waals surface area (Å²) in [4.78, 5) is 55.1. The fourth-order valence-electron chi connectivity index (χ4n) is 1.51. The van der Waals surface area contributed by atoms with Crippen LogP contribution in [0.2, 0.25) is 0 Å². The molecule has 0 aliphatic rings. The van der Waals surface area contributed by atoms with Crippen molar-refractivity contribution in [3.63, 3.8) is 0 Å². The second-order valence-corrected chi connectivity index (χ2v) is 6.96. The van der Waals surface area contributed by atoms with E-state index < -0.39 is 23.9 Å². The Morgan fingerprint density at radius 1 is 1.00 bits per heavy atom. The van der Waals surface area contributed by atoms with Gasteiger partial charge >= 0.3 is 11.9 Å². The van der Waals surface area contributed by atoms with Gasteiger partial charge in [-0.3, -0.25) is 19.2 Å². The summed E-state index contributed by atoms with van der Waals surface area (Å²) in [7, 11) is 0. The van der Waals surface area contributed by atoms with Crippen molar-refractivity contribution < 1.29 is 34.2 Å². The van der Waals surface area contributed by atoms with E-state index in [2.05, 4.69) is 10.6 Å². The van der Waals surface area contributed by atoms with Crippen molar-refractivity contribution in [3.05, 3.63) is 0 Å². The molecule has 11 heteroatoms. The Labute approximate surface area is 156 Å². The maximum absolute atomic E-state index is 11.6. The van der Waals surface area contributed by atoms with Crippen LogP contribution in [-0.2, 0) is 24.0 Å². The topological polar surface area (TPSA) is 150 Å². The van der Waals surface area contributed by atoms with Crippen LogP contribution in [0, 0.1) is 0 Å². The summed E-state index contributed by atoms with van der Waals surface area (Å²) in [6.07, 6.45) is -0.477. The molecule has 0 aromatic rings. The molecule has 0 heterocycles. The maximum atomic E-state index is 11.6. The predicted molar refractivity (Wildman–Crippen MR) is 95.0 cm³/mol. The first-order chi connectivity index (χ1) is 11.2. The summed E-state index contributed by atoms with van der Waals surface area (Å²) in [6.45, 7) is 0.0474. The van der Waals surface area contributed by atoms with Gasteiger partial charge in [-0.05, 0) is 6.42 Å². The molecule has 0 rings (SSSR count). The van der Waals surface area contributed by atoms with Gasteiger partial charge in [-0.15, -0.1) is 0 Å². The van der Waals surface area contributed by atoms with Gasteiger partial charge in [0, 0.05) is 54.2 Å². The Morgan fingerprint density at radius 2 is 1.67 bits per heavy atom. The molecule has 0 saturated heterocycles. The maximum Gasteiger partial charge on any atom is 0.326 e. The Kier molecular flexibility index (Phi) is 12.2. The molecule has 0 radical (unpaired) electrons. The summed E-state index contributed by atoms with van der Waals surface area (Å²) in [5.74, 6) is -2.48. The number of halogens is 1. The van der Waals surface area contributed by atoms with Gasteiger partial charge in [0.05, 0.1) is 5.75 Å². The molecule has 0 aliphatic carbocycles. The second-order valence-electron chi connectivity index (χ2n) is 4.65. The van der Waals surface area contributed by atoms with Gasteiger partial charge in [0.15, 0.2) is 0 Å². The Balaban J connectivity index is 3.94.